The van der Waals surface area contributed by atoms with Gasteiger partial charge in [-0.25, -0.2) is 0 Å². The quantitative estimate of drug-likeness (QED) is 0.790. The first-order chi connectivity index (χ1) is 7.80. The van der Waals surface area contributed by atoms with Gasteiger partial charge in [-0.15, -0.1) is 0 Å². The first-order valence-electron chi connectivity index (χ1n) is 5.81. The normalized spacial score (nSPS) is 27.1. The second kappa shape index (κ2) is 5.71. The van der Waals surface area contributed by atoms with E-state index in [9.17, 15) is 18.0 Å². The summed E-state index contributed by atoms with van der Waals surface area (Å²) in [6, 6.07) is 0. The van der Waals surface area contributed by atoms with Gasteiger partial charge in [0, 0.05) is 6.54 Å². The molecule has 1 aliphatic carbocycles. The monoisotopic (exact) mass is 253 g/mol. The largest absolute Gasteiger partial charge is 0.481 e. The first kappa shape index (κ1) is 14.3. The van der Waals surface area contributed by atoms with Crippen LogP contribution in [0.2, 0.25) is 0 Å². The summed E-state index contributed by atoms with van der Waals surface area (Å²) in [5.41, 5.74) is 0. The number of alkyl halides is 3. The standard InChI is InChI=1S/C11H18F3NO2/c1-7-2-3-8(4-7)5-15-6-9(10(16)17)11(12,13)14/h7-9,15H,2-6H2,1H3,(H,16,17). The van der Waals surface area contributed by atoms with Crippen molar-refractivity contribution >= 4 is 5.97 Å². The molecule has 0 aliphatic heterocycles. The van der Waals surface area contributed by atoms with Crippen molar-refractivity contribution in [2.75, 3.05) is 13.1 Å². The van der Waals surface area contributed by atoms with Gasteiger partial charge in [-0.1, -0.05) is 13.3 Å². The van der Waals surface area contributed by atoms with Crippen LogP contribution in [0.5, 0.6) is 0 Å². The fraction of sp³-hybridized carbons (Fsp3) is 0.909. The molecule has 1 rings (SSSR count). The smallest absolute Gasteiger partial charge is 0.403 e. The summed E-state index contributed by atoms with van der Waals surface area (Å²) >= 11 is 0. The molecule has 17 heavy (non-hydrogen) atoms. The third kappa shape index (κ3) is 4.53. The summed E-state index contributed by atoms with van der Waals surface area (Å²) in [7, 11) is 0. The van der Waals surface area contributed by atoms with E-state index in [-0.39, 0.29) is 0 Å². The maximum atomic E-state index is 12.3. The highest BCUT2D eigenvalue weighted by Gasteiger charge is 2.44. The Labute approximate surface area is 98.4 Å². The Morgan fingerprint density at radius 3 is 2.53 bits per heavy atom. The molecule has 3 nitrogen and oxygen atoms in total. The lowest BCUT2D eigenvalue weighted by molar-refractivity contribution is -0.192. The molecule has 0 spiro atoms. The van der Waals surface area contributed by atoms with E-state index in [4.69, 9.17) is 5.11 Å². The Morgan fingerprint density at radius 2 is 2.12 bits per heavy atom. The summed E-state index contributed by atoms with van der Waals surface area (Å²) in [5.74, 6) is -3.11. The van der Waals surface area contributed by atoms with Crippen LogP contribution in [0.15, 0.2) is 0 Å². The molecule has 3 unspecified atom stereocenters. The number of halogens is 3. The molecule has 1 saturated carbocycles. The SMILES string of the molecule is CC1CCC(CNCC(C(=O)O)C(F)(F)F)C1. The van der Waals surface area contributed by atoms with Crippen molar-refractivity contribution in [1.82, 2.24) is 5.32 Å². The van der Waals surface area contributed by atoms with E-state index in [1.807, 2.05) is 0 Å². The van der Waals surface area contributed by atoms with Crippen molar-refractivity contribution in [3.05, 3.63) is 0 Å². The van der Waals surface area contributed by atoms with Crippen LogP contribution >= 0.6 is 0 Å². The van der Waals surface area contributed by atoms with Gasteiger partial charge >= 0.3 is 12.1 Å². The van der Waals surface area contributed by atoms with Crippen LogP contribution in [0.25, 0.3) is 0 Å². The molecule has 100 valence electrons. The van der Waals surface area contributed by atoms with Gasteiger partial charge in [0.25, 0.3) is 0 Å². The lowest BCUT2D eigenvalue weighted by atomic mass is 10.1. The Hall–Kier alpha value is -0.780. The van der Waals surface area contributed by atoms with E-state index in [1.165, 1.54) is 0 Å². The number of rotatable bonds is 5. The molecule has 1 aliphatic rings. The van der Waals surface area contributed by atoms with Crippen molar-refractivity contribution in [3.8, 4) is 0 Å². The summed E-state index contributed by atoms with van der Waals surface area (Å²) < 4.78 is 36.9. The maximum absolute atomic E-state index is 12.3. The predicted octanol–water partition coefficient (Wildman–Crippen LogP) is 2.28. The second-order valence-electron chi connectivity index (χ2n) is 4.87. The van der Waals surface area contributed by atoms with Gasteiger partial charge < -0.3 is 10.4 Å². The summed E-state index contributed by atoms with van der Waals surface area (Å²) in [5, 5.41) is 11.1. The highest BCUT2D eigenvalue weighted by Crippen LogP contribution is 2.30. The molecule has 0 aromatic rings. The van der Waals surface area contributed by atoms with E-state index in [1.54, 1.807) is 0 Å². The molecule has 3 atom stereocenters. The van der Waals surface area contributed by atoms with Gasteiger partial charge in [-0.3, -0.25) is 4.79 Å². The number of carboxylic acid groups (broad SMARTS) is 1. The molecule has 2 N–H and O–H groups in total. The molecule has 6 heteroatoms. The summed E-state index contributed by atoms with van der Waals surface area (Å²) in [6.07, 6.45) is -1.55. The first-order valence-corrected chi connectivity index (χ1v) is 5.81. The molecular formula is C11H18F3NO2. The predicted molar refractivity (Wildman–Crippen MR) is 56.6 cm³/mol. The zero-order valence-electron chi connectivity index (χ0n) is 9.76. The van der Waals surface area contributed by atoms with Gasteiger partial charge in [-0.2, -0.15) is 13.2 Å². The van der Waals surface area contributed by atoms with Crippen molar-refractivity contribution in [1.29, 1.82) is 0 Å². The Morgan fingerprint density at radius 1 is 1.47 bits per heavy atom. The third-order valence-corrected chi connectivity index (χ3v) is 3.28. The minimum Gasteiger partial charge on any atom is -0.481 e. The molecule has 0 aromatic heterocycles. The molecule has 0 bridgehead atoms. The van der Waals surface area contributed by atoms with Gasteiger partial charge in [0.1, 0.15) is 0 Å². The van der Waals surface area contributed by atoms with Crippen molar-refractivity contribution < 1.29 is 23.1 Å². The average molecular weight is 253 g/mol. The molecule has 0 saturated heterocycles. The Bertz CT molecular complexity index is 268. The molecule has 0 amide bonds. The summed E-state index contributed by atoms with van der Waals surface area (Å²) in [4.78, 5) is 10.5. The molecule has 0 radical (unpaired) electrons. The van der Waals surface area contributed by atoms with Crippen LogP contribution in [0.4, 0.5) is 13.2 Å². The minimum atomic E-state index is -4.68. The van der Waals surface area contributed by atoms with Gasteiger partial charge in [0.05, 0.1) is 0 Å². The van der Waals surface area contributed by atoms with Gasteiger partial charge in [0.15, 0.2) is 5.92 Å². The molecule has 0 heterocycles. The third-order valence-electron chi connectivity index (χ3n) is 3.28. The topological polar surface area (TPSA) is 49.3 Å². The lowest BCUT2D eigenvalue weighted by Crippen LogP contribution is -2.40. The van der Waals surface area contributed by atoms with Crippen molar-refractivity contribution in [3.63, 3.8) is 0 Å². The molecular weight excluding hydrogens is 235 g/mol. The number of hydrogen-bond donors (Lipinski definition) is 2. The van der Waals surface area contributed by atoms with Crippen LogP contribution in [0.3, 0.4) is 0 Å². The Balaban J connectivity index is 2.31. The fourth-order valence-electron chi connectivity index (χ4n) is 2.29. The van der Waals surface area contributed by atoms with E-state index in [2.05, 4.69) is 12.2 Å². The lowest BCUT2D eigenvalue weighted by Gasteiger charge is -2.18. The van der Waals surface area contributed by atoms with E-state index < -0.39 is 24.6 Å². The van der Waals surface area contributed by atoms with E-state index in [0.29, 0.717) is 18.4 Å². The second-order valence-corrected chi connectivity index (χ2v) is 4.87. The zero-order chi connectivity index (χ0) is 13.1. The Kier molecular flexibility index (Phi) is 4.80. The van der Waals surface area contributed by atoms with Crippen molar-refractivity contribution in [2.24, 2.45) is 17.8 Å². The average Bonchev–Trinajstić information content (AvgIpc) is 2.56. The van der Waals surface area contributed by atoms with Crippen LogP contribution < -0.4 is 5.32 Å². The molecule has 0 aromatic carbocycles. The van der Waals surface area contributed by atoms with Crippen LogP contribution in [0.1, 0.15) is 26.2 Å². The van der Waals surface area contributed by atoms with Crippen LogP contribution in [-0.4, -0.2) is 30.3 Å². The molecule has 1 fully saturated rings. The highest BCUT2D eigenvalue weighted by molar-refractivity contribution is 5.71. The summed E-state index contributed by atoms with van der Waals surface area (Å²) in [6.45, 7) is 2.06. The van der Waals surface area contributed by atoms with Crippen LogP contribution in [-0.2, 0) is 4.79 Å². The minimum absolute atomic E-state index is 0.382. The van der Waals surface area contributed by atoms with E-state index >= 15 is 0 Å². The number of carbonyl (C=O) groups is 1. The fourth-order valence-corrected chi connectivity index (χ4v) is 2.29. The highest BCUT2D eigenvalue weighted by atomic mass is 19.4. The maximum Gasteiger partial charge on any atom is 0.403 e. The van der Waals surface area contributed by atoms with Crippen molar-refractivity contribution in [2.45, 2.75) is 32.4 Å². The van der Waals surface area contributed by atoms with E-state index in [0.717, 1.165) is 19.3 Å². The number of nitrogens with one attached hydrogen (secondary N) is 1. The zero-order valence-corrected chi connectivity index (χ0v) is 9.76. The number of aliphatic carboxylic acids is 1. The van der Waals surface area contributed by atoms with Gasteiger partial charge in [-0.05, 0) is 31.2 Å². The van der Waals surface area contributed by atoms with Crippen LogP contribution in [0, 0.1) is 17.8 Å². The number of carboxylic acids is 1. The number of hydrogen-bond acceptors (Lipinski definition) is 2. The van der Waals surface area contributed by atoms with Gasteiger partial charge in [0.2, 0.25) is 0 Å².